The molecule has 154 valence electrons. The van der Waals surface area contributed by atoms with Crippen molar-refractivity contribution >= 4 is 27.9 Å². The Kier molecular flexibility index (Phi) is 6.19. The summed E-state index contributed by atoms with van der Waals surface area (Å²) in [5.74, 6) is 1.09. The molecule has 0 aliphatic carbocycles. The molecule has 5 heteroatoms. The molecule has 0 amide bonds. The van der Waals surface area contributed by atoms with Crippen molar-refractivity contribution in [2.24, 2.45) is 0 Å². The van der Waals surface area contributed by atoms with E-state index >= 15 is 0 Å². The molecule has 4 nitrogen and oxygen atoms in total. The molecule has 1 atom stereocenters. The molecule has 4 aromatic rings. The fraction of sp³-hybridized carbons (Fsp3) is 0.240. The highest BCUT2D eigenvalue weighted by molar-refractivity contribution is 7.10. The summed E-state index contributed by atoms with van der Waals surface area (Å²) >= 11 is 1.66. The maximum atomic E-state index is 11.1. The molecule has 4 rings (SSSR count). The number of aryl methyl sites for hydroxylation is 1. The van der Waals surface area contributed by atoms with Gasteiger partial charge in [0.25, 0.3) is 0 Å². The van der Waals surface area contributed by atoms with Crippen LogP contribution in [0.15, 0.2) is 66.0 Å². The van der Waals surface area contributed by atoms with E-state index in [-0.39, 0.29) is 11.8 Å². The Morgan fingerprint density at radius 1 is 1.07 bits per heavy atom. The van der Waals surface area contributed by atoms with Crippen molar-refractivity contribution < 1.29 is 9.84 Å². The molecule has 2 N–H and O–H groups in total. The van der Waals surface area contributed by atoms with Gasteiger partial charge in [0.2, 0.25) is 0 Å². The first-order chi connectivity index (χ1) is 14.7. The normalized spacial score (nSPS) is 12.1. The van der Waals surface area contributed by atoms with E-state index in [1.807, 2.05) is 61.5 Å². The molecule has 0 fully saturated rings. The molecule has 0 spiro atoms. The summed E-state index contributed by atoms with van der Waals surface area (Å²) in [5.41, 5.74) is 3.30. The number of fused-ring (bicyclic) bond motifs is 1. The number of phenols is 1. The summed E-state index contributed by atoms with van der Waals surface area (Å²) in [6, 6.07) is 19.9. The lowest BCUT2D eigenvalue weighted by Crippen LogP contribution is -2.11. The quantitative estimate of drug-likeness (QED) is 0.313. The number of aromatic nitrogens is 1. The first kappa shape index (κ1) is 20.2. The smallest absolute Gasteiger partial charge is 0.147 e. The molecule has 1 unspecified atom stereocenters. The summed E-state index contributed by atoms with van der Waals surface area (Å²) in [4.78, 5) is 5.69. The molecular formula is C25H26N2O2S. The predicted molar refractivity (Wildman–Crippen MR) is 125 cm³/mol. The second-order valence-corrected chi connectivity index (χ2v) is 8.33. The van der Waals surface area contributed by atoms with Gasteiger partial charge >= 0.3 is 0 Å². The maximum absolute atomic E-state index is 11.1. The van der Waals surface area contributed by atoms with E-state index in [9.17, 15) is 5.11 Å². The molecule has 0 aliphatic heterocycles. The molecule has 30 heavy (non-hydrogen) atoms. The van der Waals surface area contributed by atoms with E-state index in [0.717, 1.165) is 52.4 Å². The number of pyridine rings is 1. The first-order valence-electron chi connectivity index (χ1n) is 10.3. The SMILES string of the molecule is CCCCOc1ccc(NC(c2cccs2)c2ccc3ccc(C)nc3c2O)cc1. The Labute approximate surface area is 181 Å². The van der Waals surface area contributed by atoms with Gasteiger partial charge in [-0.05, 0) is 55.1 Å². The van der Waals surface area contributed by atoms with Crippen LogP contribution in [0.25, 0.3) is 10.9 Å². The lowest BCUT2D eigenvalue weighted by molar-refractivity contribution is 0.309. The number of ether oxygens (including phenoxy) is 1. The second-order valence-electron chi connectivity index (χ2n) is 7.35. The Morgan fingerprint density at radius 2 is 1.87 bits per heavy atom. The zero-order chi connectivity index (χ0) is 20.9. The third-order valence-electron chi connectivity index (χ3n) is 5.08. The number of hydrogen-bond acceptors (Lipinski definition) is 5. The largest absolute Gasteiger partial charge is 0.505 e. The maximum Gasteiger partial charge on any atom is 0.147 e. The average molecular weight is 419 g/mol. The topological polar surface area (TPSA) is 54.4 Å². The number of nitrogens with one attached hydrogen (secondary N) is 1. The van der Waals surface area contributed by atoms with Crippen LogP contribution >= 0.6 is 11.3 Å². The van der Waals surface area contributed by atoms with Crippen molar-refractivity contribution in [3.8, 4) is 11.5 Å². The van der Waals surface area contributed by atoms with Gasteiger partial charge in [0.15, 0.2) is 0 Å². The molecule has 0 radical (unpaired) electrons. The van der Waals surface area contributed by atoms with Crippen LogP contribution < -0.4 is 10.1 Å². The first-order valence-corrected chi connectivity index (χ1v) is 11.2. The number of aromatic hydroxyl groups is 1. The zero-order valence-electron chi connectivity index (χ0n) is 17.3. The van der Waals surface area contributed by atoms with E-state index in [1.54, 1.807) is 11.3 Å². The molecule has 2 aromatic carbocycles. The predicted octanol–water partition coefficient (Wildman–Crippen LogP) is 6.69. The third kappa shape index (κ3) is 4.41. The van der Waals surface area contributed by atoms with Crippen LogP contribution in [-0.2, 0) is 0 Å². The fourth-order valence-electron chi connectivity index (χ4n) is 3.43. The van der Waals surface area contributed by atoms with E-state index in [0.29, 0.717) is 5.52 Å². The molecular weight excluding hydrogens is 392 g/mol. The summed E-state index contributed by atoms with van der Waals surface area (Å²) < 4.78 is 5.77. The monoisotopic (exact) mass is 418 g/mol. The van der Waals surface area contributed by atoms with Gasteiger partial charge in [0.1, 0.15) is 17.0 Å². The van der Waals surface area contributed by atoms with Gasteiger partial charge in [0, 0.05) is 27.2 Å². The summed E-state index contributed by atoms with van der Waals surface area (Å²) in [7, 11) is 0. The van der Waals surface area contributed by atoms with Crippen molar-refractivity contribution in [1.29, 1.82) is 0 Å². The standard InChI is InChI=1S/C25H26N2O2S/c1-3-4-15-29-20-12-10-19(11-13-20)27-24(22-6-5-16-30-22)21-14-9-18-8-7-17(2)26-23(18)25(21)28/h5-14,16,24,27-28H,3-4,15H2,1-2H3. The molecule has 2 aromatic heterocycles. The van der Waals surface area contributed by atoms with Gasteiger partial charge in [-0.1, -0.05) is 37.6 Å². The van der Waals surface area contributed by atoms with Crippen molar-refractivity contribution in [1.82, 2.24) is 4.98 Å². The van der Waals surface area contributed by atoms with Gasteiger partial charge in [-0.3, -0.25) is 0 Å². The molecule has 0 saturated carbocycles. The van der Waals surface area contributed by atoms with Crippen molar-refractivity contribution in [3.05, 3.63) is 82.2 Å². The summed E-state index contributed by atoms with van der Waals surface area (Å²) in [6.45, 7) is 4.82. The lowest BCUT2D eigenvalue weighted by Gasteiger charge is -2.21. The van der Waals surface area contributed by atoms with Crippen LogP contribution in [0.4, 0.5) is 5.69 Å². The Bertz CT molecular complexity index is 1110. The van der Waals surface area contributed by atoms with Gasteiger partial charge < -0.3 is 15.2 Å². The number of nitrogens with zero attached hydrogens (tertiary/aromatic N) is 1. The average Bonchev–Trinajstić information content (AvgIpc) is 3.29. The number of phenolic OH excluding ortho intramolecular Hbond substituents is 1. The number of anilines is 1. The highest BCUT2D eigenvalue weighted by Gasteiger charge is 2.21. The zero-order valence-corrected chi connectivity index (χ0v) is 18.1. The molecule has 2 heterocycles. The van der Waals surface area contributed by atoms with Gasteiger partial charge in [-0.25, -0.2) is 4.98 Å². The second kappa shape index (κ2) is 9.18. The van der Waals surface area contributed by atoms with Gasteiger partial charge in [-0.2, -0.15) is 0 Å². The van der Waals surface area contributed by atoms with E-state index in [2.05, 4.69) is 28.7 Å². The third-order valence-corrected chi connectivity index (χ3v) is 6.01. The van der Waals surface area contributed by atoms with Crippen LogP contribution in [0.3, 0.4) is 0 Å². The van der Waals surface area contributed by atoms with E-state index in [4.69, 9.17) is 4.74 Å². The summed E-state index contributed by atoms with van der Waals surface area (Å²) in [5, 5.41) is 17.6. The van der Waals surface area contributed by atoms with Crippen LogP contribution in [0.2, 0.25) is 0 Å². The van der Waals surface area contributed by atoms with E-state index < -0.39 is 0 Å². The minimum atomic E-state index is -0.177. The van der Waals surface area contributed by atoms with Crippen LogP contribution in [0.1, 0.15) is 41.9 Å². The van der Waals surface area contributed by atoms with Crippen molar-refractivity contribution in [2.45, 2.75) is 32.7 Å². The van der Waals surface area contributed by atoms with E-state index in [1.165, 1.54) is 0 Å². The number of unbranched alkanes of at least 4 members (excludes halogenated alkanes) is 1. The summed E-state index contributed by atoms with van der Waals surface area (Å²) in [6.07, 6.45) is 2.17. The Balaban J connectivity index is 1.65. The highest BCUT2D eigenvalue weighted by Crippen LogP contribution is 2.38. The minimum absolute atomic E-state index is 0.177. The Hall–Kier alpha value is -3.05. The van der Waals surface area contributed by atoms with Gasteiger partial charge in [0.05, 0.1) is 12.6 Å². The number of thiophene rings is 1. The highest BCUT2D eigenvalue weighted by atomic mass is 32.1. The van der Waals surface area contributed by atoms with Crippen molar-refractivity contribution in [2.75, 3.05) is 11.9 Å². The van der Waals surface area contributed by atoms with Gasteiger partial charge in [-0.15, -0.1) is 11.3 Å². The number of benzene rings is 2. The minimum Gasteiger partial charge on any atom is -0.505 e. The molecule has 0 saturated heterocycles. The van der Waals surface area contributed by atoms with Crippen LogP contribution in [0, 0.1) is 6.92 Å². The van der Waals surface area contributed by atoms with Crippen molar-refractivity contribution in [3.63, 3.8) is 0 Å². The number of hydrogen-bond donors (Lipinski definition) is 2. The lowest BCUT2D eigenvalue weighted by atomic mass is 10.0. The van der Waals surface area contributed by atoms with Crippen LogP contribution in [-0.4, -0.2) is 16.7 Å². The Morgan fingerprint density at radius 3 is 2.60 bits per heavy atom. The van der Waals surface area contributed by atoms with Crippen LogP contribution in [0.5, 0.6) is 11.5 Å². The number of rotatable bonds is 8. The molecule has 0 bridgehead atoms. The fourth-order valence-corrected chi connectivity index (χ4v) is 4.22. The molecule has 0 aliphatic rings.